The van der Waals surface area contributed by atoms with E-state index in [9.17, 15) is 0 Å². The molecule has 19 heavy (non-hydrogen) atoms. The second kappa shape index (κ2) is 6.30. The first-order valence-electron chi connectivity index (χ1n) is 6.69. The molecule has 4 nitrogen and oxygen atoms in total. The zero-order valence-corrected chi connectivity index (χ0v) is 12.9. The lowest BCUT2D eigenvalue weighted by Crippen LogP contribution is -2.21. The predicted molar refractivity (Wildman–Crippen MR) is 79.4 cm³/mol. The van der Waals surface area contributed by atoms with Crippen LogP contribution >= 0.6 is 11.3 Å². The number of nitrogens with one attached hydrogen (secondary N) is 1. The van der Waals surface area contributed by atoms with Crippen LogP contribution in [0.15, 0.2) is 17.8 Å². The van der Waals surface area contributed by atoms with Crippen molar-refractivity contribution in [1.29, 1.82) is 0 Å². The first-order chi connectivity index (χ1) is 9.11. The van der Waals surface area contributed by atoms with E-state index < -0.39 is 0 Å². The van der Waals surface area contributed by atoms with E-state index in [1.165, 1.54) is 10.4 Å². The lowest BCUT2D eigenvalue weighted by Gasteiger charge is -2.16. The van der Waals surface area contributed by atoms with Crippen LogP contribution in [0.4, 0.5) is 0 Å². The standard InChI is InChI=1S/C14H22N4S/c1-10(2)8-18-13(16-9-17-18)7-12(15-4)14-11(3)5-6-19-14/h5-6,9-10,12,15H,7-8H2,1-4H3. The Bertz CT molecular complexity index is 515. The molecule has 1 N–H and O–H groups in total. The Balaban J connectivity index is 2.15. The second-order valence-corrected chi connectivity index (χ2v) is 6.21. The summed E-state index contributed by atoms with van der Waals surface area (Å²) in [6, 6.07) is 2.48. The average molecular weight is 278 g/mol. The van der Waals surface area contributed by atoms with Crippen molar-refractivity contribution < 1.29 is 0 Å². The van der Waals surface area contributed by atoms with E-state index in [0.717, 1.165) is 18.8 Å². The summed E-state index contributed by atoms with van der Waals surface area (Å²) in [5.41, 5.74) is 1.35. The molecule has 0 aliphatic carbocycles. The summed E-state index contributed by atoms with van der Waals surface area (Å²) in [5, 5.41) is 9.87. The molecular formula is C14H22N4S. The number of aryl methyl sites for hydroxylation is 1. The Morgan fingerprint density at radius 1 is 1.42 bits per heavy atom. The summed E-state index contributed by atoms with van der Waals surface area (Å²) in [6.07, 6.45) is 2.54. The lowest BCUT2D eigenvalue weighted by atomic mass is 10.1. The zero-order chi connectivity index (χ0) is 13.8. The van der Waals surface area contributed by atoms with Gasteiger partial charge in [0.1, 0.15) is 12.2 Å². The molecule has 0 saturated carbocycles. The van der Waals surface area contributed by atoms with Crippen LogP contribution in [0.3, 0.4) is 0 Å². The van der Waals surface area contributed by atoms with E-state index in [-0.39, 0.29) is 0 Å². The maximum atomic E-state index is 4.41. The molecule has 2 heterocycles. The molecule has 0 aromatic carbocycles. The van der Waals surface area contributed by atoms with Gasteiger partial charge in [0.2, 0.25) is 0 Å². The highest BCUT2D eigenvalue weighted by Gasteiger charge is 2.17. The third-order valence-electron chi connectivity index (χ3n) is 3.19. The summed E-state index contributed by atoms with van der Waals surface area (Å²) in [5.74, 6) is 1.64. The molecule has 0 aliphatic heterocycles. The van der Waals surface area contributed by atoms with E-state index >= 15 is 0 Å². The van der Waals surface area contributed by atoms with Crippen LogP contribution in [0, 0.1) is 12.8 Å². The molecule has 0 radical (unpaired) electrons. The largest absolute Gasteiger partial charge is 0.312 e. The first-order valence-corrected chi connectivity index (χ1v) is 7.57. The van der Waals surface area contributed by atoms with Crippen molar-refractivity contribution in [2.24, 2.45) is 5.92 Å². The lowest BCUT2D eigenvalue weighted by molar-refractivity contribution is 0.452. The van der Waals surface area contributed by atoms with Crippen molar-refractivity contribution in [2.45, 2.75) is 39.8 Å². The maximum absolute atomic E-state index is 4.41. The van der Waals surface area contributed by atoms with Gasteiger partial charge >= 0.3 is 0 Å². The van der Waals surface area contributed by atoms with Crippen LogP contribution in [0.25, 0.3) is 0 Å². The summed E-state index contributed by atoms with van der Waals surface area (Å²) >= 11 is 1.80. The SMILES string of the molecule is CNC(Cc1ncnn1CC(C)C)c1sccc1C. The topological polar surface area (TPSA) is 42.7 Å². The minimum atomic E-state index is 0.315. The Hall–Kier alpha value is -1.20. The highest BCUT2D eigenvalue weighted by molar-refractivity contribution is 7.10. The van der Waals surface area contributed by atoms with Gasteiger partial charge in [-0.25, -0.2) is 9.67 Å². The molecule has 0 saturated heterocycles. The highest BCUT2D eigenvalue weighted by Crippen LogP contribution is 2.26. The number of hydrogen-bond donors (Lipinski definition) is 1. The Morgan fingerprint density at radius 2 is 2.21 bits per heavy atom. The number of thiophene rings is 1. The smallest absolute Gasteiger partial charge is 0.138 e. The highest BCUT2D eigenvalue weighted by atomic mass is 32.1. The van der Waals surface area contributed by atoms with Gasteiger partial charge in [-0.05, 0) is 36.9 Å². The molecule has 1 atom stereocenters. The number of rotatable bonds is 6. The van der Waals surface area contributed by atoms with Crippen LogP contribution in [0.1, 0.15) is 36.2 Å². The van der Waals surface area contributed by atoms with Crippen LogP contribution in [0.5, 0.6) is 0 Å². The fraction of sp³-hybridized carbons (Fsp3) is 0.571. The number of hydrogen-bond acceptors (Lipinski definition) is 4. The number of nitrogens with zero attached hydrogens (tertiary/aromatic N) is 3. The fourth-order valence-corrected chi connectivity index (χ4v) is 3.23. The quantitative estimate of drug-likeness (QED) is 0.883. The van der Waals surface area contributed by atoms with Crippen LogP contribution in [-0.2, 0) is 13.0 Å². The van der Waals surface area contributed by atoms with Crippen molar-refractivity contribution in [3.8, 4) is 0 Å². The molecule has 0 bridgehead atoms. The Morgan fingerprint density at radius 3 is 2.79 bits per heavy atom. The van der Waals surface area contributed by atoms with Gasteiger partial charge < -0.3 is 5.32 Å². The average Bonchev–Trinajstić information content (AvgIpc) is 2.95. The molecule has 5 heteroatoms. The number of aromatic nitrogens is 3. The van der Waals surface area contributed by atoms with Gasteiger partial charge in [-0.1, -0.05) is 13.8 Å². The Kier molecular flexibility index (Phi) is 4.71. The van der Waals surface area contributed by atoms with Gasteiger partial charge in [0.25, 0.3) is 0 Å². The molecule has 2 rings (SSSR count). The van der Waals surface area contributed by atoms with Crippen molar-refractivity contribution in [3.63, 3.8) is 0 Å². The summed E-state index contributed by atoms with van der Waals surface area (Å²) in [6.45, 7) is 7.49. The van der Waals surface area contributed by atoms with E-state index in [1.54, 1.807) is 17.7 Å². The molecule has 104 valence electrons. The molecule has 2 aromatic rings. The monoisotopic (exact) mass is 278 g/mol. The number of likely N-dealkylation sites (N-methyl/N-ethyl adjacent to an activating group) is 1. The van der Waals surface area contributed by atoms with Crippen LogP contribution in [-0.4, -0.2) is 21.8 Å². The fourth-order valence-electron chi connectivity index (χ4n) is 2.19. The van der Waals surface area contributed by atoms with E-state index in [1.807, 2.05) is 11.7 Å². The van der Waals surface area contributed by atoms with Crippen molar-refractivity contribution in [3.05, 3.63) is 34.0 Å². The zero-order valence-electron chi connectivity index (χ0n) is 12.1. The first kappa shape index (κ1) is 14.2. The van der Waals surface area contributed by atoms with Gasteiger partial charge in [-0.2, -0.15) is 5.10 Å². The van der Waals surface area contributed by atoms with Crippen LogP contribution in [0.2, 0.25) is 0 Å². The molecule has 0 amide bonds. The van der Waals surface area contributed by atoms with Gasteiger partial charge in [0.15, 0.2) is 0 Å². The minimum absolute atomic E-state index is 0.315. The van der Waals surface area contributed by atoms with E-state index in [2.05, 4.69) is 47.6 Å². The second-order valence-electron chi connectivity index (χ2n) is 5.27. The molecule has 0 fully saturated rings. The molecular weight excluding hydrogens is 256 g/mol. The van der Waals surface area contributed by atoms with Crippen molar-refractivity contribution >= 4 is 11.3 Å². The molecule has 1 unspecified atom stereocenters. The van der Waals surface area contributed by atoms with Crippen molar-refractivity contribution in [2.75, 3.05) is 7.05 Å². The third kappa shape index (κ3) is 3.42. The molecule has 0 aliphatic rings. The predicted octanol–water partition coefficient (Wildman–Crippen LogP) is 2.81. The maximum Gasteiger partial charge on any atom is 0.138 e. The Labute approximate surface area is 118 Å². The van der Waals surface area contributed by atoms with E-state index in [4.69, 9.17) is 0 Å². The van der Waals surface area contributed by atoms with Gasteiger partial charge in [0, 0.05) is 23.9 Å². The normalized spacial score (nSPS) is 13.1. The summed E-state index contributed by atoms with van der Waals surface area (Å²) in [4.78, 5) is 5.80. The van der Waals surface area contributed by atoms with Gasteiger partial charge in [-0.3, -0.25) is 0 Å². The van der Waals surface area contributed by atoms with Crippen molar-refractivity contribution in [1.82, 2.24) is 20.1 Å². The van der Waals surface area contributed by atoms with E-state index in [0.29, 0.717) is 12.0 Å². The van der Waals surface area contributed by atoms with Gasteiger partial charge in [0.05, 0.1) is 0 Å². The summed E-state index contributed by atoms with van der Waals surface area (Å²) in [7, 11) is 2.01. The van der Waals surface area contributed by atoms with Crippen LogP contribution < -0.4 is 5.32 Å². The molecule has 2 aromatic heterocycles. The summed E-state index contributed by atoms with van der Waals surface area (Å²) < 4.78 is 2.03. The minimum Gasteiger partial charge on any atom is -0.312 e. The third-order valence-corrected chi connectivity index (χ3v) is 4.32. The van der Waals surface area contributed by atoms with Gasteiger partial charge in [-0.15, -0.1) is 11.3 Å². The molecule has 0 spiro atoms.